The van der Waals surface area contributed by atoms with Crippen LogP contribution in [0.15, 0.2) is 0 Å². The predicted octanol–water partition coefficient (Wildman–Crippen LogP) is -0.399. The third-order valence-electron chi connectivity index (χ3n) is 2.55. The molecule has 1 N–H and O–H groups in total. The van der Waals surface area contributed by atoms with Crippen LogP contribution < -0.4 is 0 Å². The zero-order valence-electron chi connectivity index (χ0n) is 8.31. The van der Waals surface area contributed by atoms with Crippen LogP contribution in [-0.2, 0) is 4.79 Å². The lowest BCUT2D eigenvalue weighted by molar-refractivity contribution is -0.143. The SMILES string of the molecule is CN1CCN(C(CC#N)C(=O)O)CC1. The van der Waals surface area contributed by atoms with E-state index in [2.05, 4.69) is 4.90 Å². The summed E-state index contributed by atoms with van der Waals surface area (Å²) in [5.74, 6) is -0.892. The van der Waals surface area contributed by atoms with Crippen molar-refractivity contribution in [3.8, 4) is 6.07 Å². The summed E-state index contributed by atoms with van der Waals surface area (Å²) in [5, 5.41) is 17.4. The largest absolute Gasteiger partial charge is 0.480 e. The molecule has 0 saturated carbocycles. The lowest BCUT2D eigenvalue weighted by atomic mass is 10.1. The molecule has 1 aliphatic heterocycles. The van der Waals surface area contributed by atoms with Crippen LogP contribution in [0.4, 0.5) is 0 Å². The molecule has 78 valence electrons. The summed E-state index contributed by atoms with van der Waals surface area (Å²) in [6, 6.07) is 1.29. The van der Waals surface area contributed by atoms with Crippen LogP contribution in [0.3, 0.4) is 0 Å². The smallest absolute Gasteiger partial charge is 0.321 e. The molecule has 1 atom stereocenters. The average molecular weight is 197 g/mol. The lowest BCUT2D eigenvalue weighted by Gasteiger charge is -2.35. The minimum atomic E-state index is -0.892. The minimum Gasteiger partial charge on any atom is -0.480 e. The van der Waals surface area contributed by atoms with Crippen LogP contribution in [0, 0.1) is 11.3 Å². The van der Waals surface area contributed by atoms with E-state index in [9.17, 15) is 4.79 Å². The molecular formula is C9H15N3O2. The minimum absolute atomic E-state index is 0.0685. The van der Waals surface area contributed by atoms with Gasteiger partial charge in [0.25, 0.3) is 0 Å². The number of aliphatic carboxylic acids is 1. The Bertz CT molecular complexity index is 241. The van der Waals surface area contributed by atoms with Gasteiger partial charge in [-0.3, -0.25) is 9.69 Å². The predicted molar refractivity (Wildman–Crippen MR) is 50.7 cm³/mol. The number of rotatable bonds is 3. The molecule has 0 bridgehead atoms. The number of nitrogens with zero attached hydrogens (tertiary/aromatic N) is 3. The first-order valence-electron chi connectivity index (χ1n) is 4.67. The van der Waals surface area contributed by atoms with Crippen molar-refractivity contribution in [2.75, 3.05) is 33.2 Å². The Labute approximate surface area is 83.5 Å². The lowest BCUT2D eigenvalue weighted by Crippen LogP contribution is -2.51. The van der Waals surface area contributed by atoms with Gasteiger partial charge in [0.1, 0.15) is 6.04 Å². The van der Waals surface area contributed by atoms with Crippen molar-refractivity contribution in [3.05, 3.63) is 0 Å². The second kappa shape index (κ2) is 4.94. The van der Waals surface area contributed by atoms with E-state index in [1.807, 2.05) is 18.0 Å². The average Bonchev–Trinajstić information content (AvgIpc) is 2.15. The quantitative estimate of drug-likeness (QED) is 0.666. The van der Waals surface area contributed by atoms with Crippen molar-refractivity contribution in [1.82, 2.24) is 9.80 Å². The van der Waals surface area contributed by atoms with E-state index in [0.29, 0.717) is 0 Å². The Morgan fingerprint density at radius 2 is 2.07 bits per heavy atom. The van der Waals surface area contributed by atoms with E-state index in [1.54, 1.807) is 0 Å². The molecule has 0 amide bonds. The molecule has 5 nitrogen and oxygen atoms in total. The van der Waals surface area contributed by atoms with Crippen molar-refractivity contribution in [3.63, 3.8) is 0 Å². The molecular weight excluding hydrogens is 182 g/mol. The van der Waals surface area contributed by atoms with Gasteiger partial charge >= 0.3 is 5.97 Å². The second-order valence-corrected chi connectivity index (χ2v) is 3.56. The maximum Gasteiger partial charge on any atom is 0.321 e. The van der Waals surface area contributed by atoms with E-state index in [-0.39, 0.29) is 6.42 Å². The first-order chi connectivity index (χ1) is 6.65. The first-order valence-corrected chi connectivity index (χ1v) is 4.67. The van der Waals surface area contributed by atoms with Crippen LogP contribution >= 0.6 is 0 Å². The van der Waals surface area contributed by atoms with Gasteiger partial charge in [0.2, 0.25) is 0 Å². The fourth-order valence-corrected chi connectivity index (χ4v) is 1.59. The molecule has 1 aliphatic rings. The molecule has 0 aromatic rings. The van der Waals surface area contributed by atoms with E-state index >= 15 is 0 Å². The highest BCUT2D eigenvalue weighted by Gasteiger charge is 2.27. The van der Waals surface area contributed by atoms with Crippen molar-refractivity contribution in [2.45, 2.75) is 12.5 Å². The van der Waals surface area contributed by atoms with Gasteiger partial charge in [0.15, 0.2) is 0 Å². The second-order valence-electron chi connectivity index (χ2n) is 3.56. The number of carboxylic acids is 1. The Morgan fingerprint density at radius 1 is 1.50 bits per heavy atom. The van der Waals surface area contributed by atoms with Crippen molar-refractivity contribution in [1.29, 1.82) is 5.26 Å². The molecule has 1 heterocycles. The Balaban J connectivity index is 2.52. The molecule has 0 spiro atoms. The highest BCUT2D eigenvalue weighted by molar-refractivity contribution is 5.73. The van der Waals surface area contributed by atoms with Gasteiger partial charge in [0.05, 0.1) is 12.5 Å². The fraction of sp³-hybridized carbons (Fsp3) is 0.778. The third-order valence-corrected chi connectivity index (χ3v) is 2.55. The van der Waals surface area contributed by atoms with E-state index in [0.717, 1.165) is 26.2 Å². The highest BCUT2D eigenvalue weighted by Crippen LogP contribution is 2.08. The van der Waals surface area contributed by atoms with Crippen LogP contribution in [0.1, 0.15) is 6.42 Å². The Hall–Kier alpha value is -1.12. The highest BCUT2D eigenvalue weighted by atomic mass is 16.4. The van der Waals surface area contributed by atoms with Crippen LogP contribution in [0.2, 0.25) is 0 Å². The molecule has 1 unspecified atom stereocenters. The number of carbonyl (C=O) groups is 1. The van der Waals surface area contributed by atoms with Gasteiger partial charge in [-0.2, -0.15) is 5.26 Å². The summed E-state index contributed by atoms with van der Waals surface area (Å²) < 4.78 is 0. The number of nitriles is 1. The maximum atomic E-state index is 10.9. The van der Waals surface area contributed by atoms with Crippen LogP contribution in [0.25, 0.3) is 0 Å². The van der Waals surface area contributed by atoms with Crippen molar-refractivity contribution >= 4 is 5.97 Å². The molecule has 0 aromatic heterocycles. The molecule has 1 rings (SSSR count). The van der Waals surface area contributed by atoms with Crippen molar-refractivity contribution in [2.24, 2.45) is 0 Å². The first kappa shape index (κ1) is 11.0. The molecule has 0 aromatic carbocycles. The van der Waals surface area contributed by atoms with Gasteiger partial charge < -0.3 is 10.0 Å². The standard InChI is InChI=1S/C9H15N3O2/c1-11-4-6-12(7-5-11)8(2-3-10)9(13)14/h8H,2,4-7H2,1H3,(H,13,14). The van der Waals surface area contributed by atoms with E-state index in [1.165, 1.54) is 0 Å². The summed E-state index contributed by atoms with van der Waals surface area (Å²) in [4.78, 5) is 14.9. The summed E-state index contributed by atoms with van der Waals surface area (Å²) in [7, 11) is 2.01. The Kier molecular flexibility index (Phi) is 3.86. The number of hydrogen-bond acceptors (Lipinski definition) is 4. The van der Waals surface area contributed by atoms with E-state index in [4.69, 9.17) is 10.4 Å². The summed E-state index contributed by atoms with van der Waals surface area (Å²) in [5.41, 5.74) is 0. The Morgan fingerprint density at radius 3 is 2.50 bits per heavy atom. The maximum absolute atomic E-state index is 10.9. The van der Waals surface area contributed by atoms with E-state index < -0.39 is 12.0 Å². The van der Waals surface area contributed by atoms with Gasteiger partial charge in [-0.25, -0.2) is 0 Å². The fourth-order valence-electron chi connectivity index (χ4n) is 1.59. The van der Waals surface area contributed by atoms with Crippen molar-refractivity contribution < 1.29 is 9.90 Å². The number of hydrogen-bond donors (Lipinski definition) is 1. The zero-order valence-corrected chi connectivity index (χ0v) is 8.31. The number of carboxylic acid groups (broad SMARTS) is 1. The number of likely N-dealkylation sites (N-methyl/N-ethyl adjacent to an activating group) is 1. The van der Waals surface area contributed by atoms with Gasteiger partial charge in [-0.15, -0.1) is 0 Å². The normalized spacial score (nSPS) is 21.4. The summed E-state index contributed by atoms with van der Waals surface area (Å²) in [6.45, 7) is 3.20. The summed E-state index contributed by atoms with van der Waals surface area (Å²) >= 11 is 0. The molecule has 14 heavy (non-hydrogen) atoms. The molecule has 1 saturated heterocycles. The van der Waals surface area contributed by atoms with Gasteiger partial charge in [-0.05, 0) is 7.05 Å². The topological polar surface area (TPSA) is 67.6 Å². The summed E-state index contributed by atoms with van der Waals surface area (Å²) in [6.07, 6.45) is 0.0685. The molecule has 5 heteroatoms. The molecule has 0 radical (unpaired) electrons. The van der Waals surface area contributed by atoms with Crippen LogP contribution in [0.5, 0.6) is 0 Å². The van der Waals surface area contributed by atoms with Crippen LogP contribution in [-0.4, -0.2) is 60.1 Å². The molecule has 1 fully saturated rings. The monoisotopic (exact) mass is 197 g/mol. The van der Waals surface area contributed by atoms with Gasteiger partial charge in [-0.1, -0.05) is 0 Å². The zero-order chi connectivity index (χ0) is 10.6. The third kappa shape index (κ3) is 2.69. The van der Waals surface area contributed by atoms with Gasteiger partial charge in [0, 0.05) is 26.2 Å². The number of piperazine rings is 1. The molecule has 0 aliphatic carbocycles.